The van der Waals surface area contributed by atoms with E-state index < -0.39 is 6.17 Å². The zero-order valence-corrected chi connectivity index (χ0v) is 7.68. The van der Waals surface area contributed by atoms with Crippen LogP contribution in [0, 0.1) is 11.3 Å². The van der Waals surface area contributed by atoms with Crippen molar-refractivity contribution >= 4 is 0 Å². The molecule has 2 aliphatic carbocycles. The predicted molar refractivity (Wildman–Crippen MR) is 45.8 cm³/mol. The Morgan fingerprint density at radius 2 is 2.42 bits per heavy atom. The molecule has 0 saturated heterocycles. The molecule has 2 saturated carbocycles. The lowest BCUT2D eigenvalue weighted by Gasteiger charge is -2.27. The third-order valence-electron chi connectivity index (χ3n) is 3.69. The Labute approximate surface area is 73.3 Å². The molecule has 0 aromatic heterocycles. The maximum Gasteiger partial charge on any atom is 0.101 e. The van der Waals surface area contributed by atoms with Crippen molar-refractivity contribution in [3.63, 3.8) is 0 Å². The molecule has 0 radical (unpaired) electrons. The fraction of sp³-hybridized carbons (Fsp3) is 1.00. The number of halogens is 1. The molecule has 0 bridgehead atoms. The van der Waals surface area contributed by atoms with Crippen molar-refractivity contribution in [2.24, 2.45) is 11.3 Å². The molecule has 3 atom stereocenters. The van der Waals surface area contributed by atoms with Gasteiger partial charge in [0.2, 0.25) is 0 Å². The number of methoxy groups -OCH3 is 1. The van der Waals surface area contributed by atoms with E-state index in [0.717, 1.165) is 19.4 Å². The monoisotopic (exact) mass is 172 g/mol. The summed E-state index contributed by atoms with van der Waals surface area (Å²) in [6.07, 6.45) is 4.69. The first-order chi connectivity index (χ1) is 5.77. The molecular formula is C10H17FO. The first-order valence-electron chi connectivity index (χ1n) is 4.90. The average Bonchev–Trinajstić information content (AvgIpc) is 2.44. The molecule has 1 nitrogen and oxygen atoms in total. The van der Waals surface area contributed by atoms with Crippen molar-refractivity contribution in [2.75, 3.05) is 13.7 Å². The zero-order valence-electron chi connectivity index (χ0n) is 7.68. The molecular weight excluding hydrogens is 155 g/mol. The van der Waals surface area contributed by atoms with E-state index in [-0.39, 0.29) is 5.41 Å². The second kappa shape index (κ2) is 2.99. The van der Waals surface area contributed by atoms with Gasteiger partial charge in [-0.05, 0) is 37.0 Å². The molecule has 2 fully saturated rings. The minimum absolute atomic E-state index is 0.230. The molecule has 0 amide bonds. The molecule has 0 aromatic rings. The average molecular weight is 172 g/mol. The molecule has 0 N–H and O–H groups in total. The third-order valence-corrected chi connectivity index (χ3v) is 3.69. The van der Waals surface area contributed by atoms with Crippen LogP contribution in [-0.2, 0) is 4.74 Å². The van der Waals surface area contributed by atoms with Crippen LogP contribution < -0.4 is 0 Å². The van der Waals surface area contributed by atoms with E-state index in [0.29, 0.717) is 5.92 Å². The third kappa shape index (κ3) is 1.17. The number of alkyl halides is 1. The van der Waals surface area contributed by atoms with Gasteiger partial charge in [0.1, 0.15) is 6.17 Å². The Hall–Kier alpha value is -0.110. The van der Waals surface area contributed by atoms with Crippen molar-refractivity contribution in [1.82, 2.24) is 0 Å². The van der Waals surface area contributed by atoms with E-state index in [2.05, 4.69) is 0 Å². The fourth-order valence-electron chi connectivity index (χ4n) is 3.22. The van der Waals surface area contributed by atoms with Crippen LogP contribution >= 0.6 is 0 Å². The van der Waals surface area contributed by atoms with Crippen LogP contribution in [0.15, 0.2) is 0 Å². The number of hydrogen-bond acceptors (Lipinski definition) is 1. The summed E-state index contributed by atoms with van der Waals surface area (Å²) in [5, 5.41) is 0. The highest BCUT2D eigenvalue weighted by molar-refractivity contribution is 4.99. The second-order valence-corrected chi connectivity index (χ2v) is 4.42. The van der Waals surface area contributed by atoms with Gasteiger partial charge in [-0.2, -0.15) is 0 Å². The largest absolute Gasteiger partial charge is 0.384 e. The molecule has 0 spiro atoms. The Kier molecular flexibility index (Phi) is 2.11. The summed E-state index contributed by atoms with van der Waals surface area (Å²) in [7, 11) is 1.73. The summed E-state index contributed by atoms with van der Waals surface area (Å²) >= 11 is 0. The Morgan fingerprint density at radius 1 is 1.58 bits per heavy atom. The van der Waals surface area contributed by atoms with Crippen LogP contribution in [0.5, 0.6) is 0 Å². The minimum Gasteiger partial charge on any atom is -0.384 e. The van der Waals surface area contributed by atoms with E-state index in [1.54, 1.807) is 7.11 Å². The summed E-state index contributed by atoms with van der Waals surface area (Å²) in [4.78, 5) is 0. The quantitative estimate of drug-likeness (QED) is 0.622. The standard InChI is InChI=1S/C10H17FO/c1-12-7-10-4-2-3-8(10)5-9(11)6-10/h8-9H,2-7H2,1H3/t8?,9-,10-/m0/s1. The number of ether oxygens (including phenoxy) is 1. The number of fused-ring (bicyclic) bond motifs is 1. The van der Waals surface area contributed by atoms with E-state index >= 15 is 0 Å². The summed E-state index contributed by atoms with van der Waals surface area (Å²) in [5.41, 5.74) is 0.230. The predicted octanol–water partition coefficient (Wildman–Crippen LogP) is 2.55. The molecule has 2 heteroatoms. The van der Waals surface area contributed by atoms with Gasteiger partial charge in [-0.3, -0.25) is 0 Å². The van der Waals surface area contributed by atoms with Crippen LogP contribution in [0.2, 0.25) is 0 Å². The van der Waals surface area contributed by atoms with Gasteiger partial charge in [-0.1, -0.05) is 6.42 Å². The van der Waals surface area contributed by atoms with Crippen LogP contribution in [0.3, 0.4) is 0 Å². The van der Waals surface area contributed by atoms with Gasteiger partial charge in [0, 0.05) is 7.11 Å². The molecule has 70 valence electrons. The summed E-state index contributed by atoms with van der Waals surface area (Å²) in [6.45, 7) is 0.776. The molecule has 1 unspecified atom stereocenters. The van der Waals surface area contributed by atoms with Gasteiger partial charge < -0.3 is 4.74 Å². The lowest BCUT2D eigenvalue weighted by atomic mass is 9.81. The lowest BCUT2D eigenvalue weighted by Crippen LogP contribution is -2.25. The minimum atomic E-state index is -0.551. The molecule has 2 aliphatic rings. The Bertz CT molecular complexity index is 171. The summed E-state index contributed by atoms with van der Waals surface area (Å²) in [5.74, 6) is 0.618. The van der Waals surface area contributed by atoms with Crippen molar-refractivity contribution < 1.29 is 9.13 Å². The number of hydrogen-bond donors (Lipinski definition) is 0. The van der Waals surface area contributed by atoms with Crippen molar-refractivity contribution in [3.05, 3.63) is 0 Å². The van der Waals surface area contributed by atoms with Crippen LogP contribution in [0.4, 0.5) is 4.39 Å². The summed E-state index contributed by atoms with van der Waals surface area (Å²) < 4.78 is 18.4. The highest BCUT2D eigenvalue weighted by atomic mass is 19.1. The van der Waals surface area contributed by atoms with Crippen LogP contribution in [0.1, 0.15) is 32.1 Å². The fourth-order valence-corrected chi connectivity index (χ4v) is 3.22. The van der Waals surface area contributed by atoms with Gasteiger partial charge in [-0.15, -0.1) is 0 Å². The zero-order chi connectivity index (χ0) is 8.60. The Balaban J connectivity index is 2.09. The van der Waals surface area contributed by atoms with Gasteiger partial charge in [0.25, 0.3) is 0 Å². The van der Waals surface area contributed by atoms with Crippen molar-refractivity contribution in [3.8, 4) is 0 Å². The smallest absolute Gasteiger partial charge is 0.101 e. The van der Waals surface area contributed by atoms with Gasteiger partial charge in [0.05, 0.1) is 6.61 Å². The van der Waals surface area contributed by atoms with Gasteiger partial charge >= 0.3 is 0 Å². The highest BCUT2D eigenvalue weighted by Crippen LogP contribution is 2.54. The Morgan fingerprint density at radius 3 is 3.17 bits per heavy atom. The van der Waals surface area contributed by atoms with E-state index in [4.69, 9.17) is 4.74 Å². The van der Waals surface area contributed by atoms with Crippen LogP contribution in [-0.4, -0.2) is 19.9 Å². The molecule has 0 aliphatic heterocycles. The van der Waals surface area contributed by atoms with Crippen molar-refractivity contribution in [1.29, 1.82) is 0 Å². The molecule has 0 aromatic carbocycles. The highest BCUT2D eigenvalue weighted by Gasteiger charge is 2.50. The molecule has 0 heterocycles. The lowest BCUT2D eigenvalue weighted by molar-refractivity contribution is 0.0622. The van der Waals surface area contributed by atoms with E-state index in [1.807, 2.05) is 0 Å². The van der Waals surface area contributed by atoms with Gasteiger partial charge in [0.15, 0.2) is 0 Å². The molecule has 2 rings (SSSR count). The van der Waals surface area contributed by atoms with Gasteiger partial charge in [-0.25, -0.2) is 4.39 Å². The second-order valence-electron chi connectivity index (χ2n) is 4.42. The maximum absolute atomic E-state index is 13.2. The normalized spacial score (nSPS) is 46.5. The van der Waals surface area contributed by atoms with E-state index in [9.17, 15) is 4.39 Å². The SMILES string of the molecule is COC[C@@]12CCCC1C[C@H](F)C2. The van der Waals surface area contributed by atoms with Crippen LogP contribution in [0.25, 0.3) is 0 Å². The summed E-state index contributed by atoms with van der Waals surface area (Å²) in [6, 6.07) is 0. The molecule has 12 heavy (non-hydrogen) atoms. The topological polar surface area (TPSA) is 9.23 Å². The van der Waals surface area contributed by atoms with Crippen molar-refractivity contribution in [2.45, 2.75) is 38.3 Å². The maximum atomic E-state index is 13.2. The first kappa shape index (κ1) is 8.49. The van der Waals surface area contributed by atoms with E-state index in [1.165, 1.54) is 19.3 Å². The number of rotatable bonds is 2. The first-order valence-corrected chi connectivity index (χ1v) is 4.90.